The molecule has 27 heavy (non-hydrogen) atoms. The van der Waals surface area contributed by atoms with Crippen molar-refractivity contribution in [2.24, 2.45) is 0 Å². The Bertz CT molecular complexity index is 940. The molecule has 0 aromatic heterocycles. The minimum absolute atomic E-state index is 0.148. The highest BCUT2D eigenvalue weighted by molar-refractivity contribution is 7.89. The molecule has 6 nitrogen and oxygen atoms in total. The van der Waals surface area contributed by atoms with Crippen LogP contribution in [0.25, 0.3) is 0 Å². The minimum atomic E-state index is -3.67. The summed E-state index contributed by atoms with van der Waals surface area (Å²) in [7, 11) is -3.67. The van der Waals surface area contributed by atoms with Gasteiger partial charge in [-0.3, -0.25) is 4.79 Å². The quantitative estimate of drug-likeness (QED) is 0.825. The van der Waals surface area contributed by atoms with Gasteiger partial charge in [0.2, 0.25) is 10.0 Å². The fraction of sp³-hybridized carbons (Fsp3) is 0.316. The first-order valence-electron chi connectivity index (χ1n) is 8.60. The second-order valence-corrected chi connectivity index (χ2v) is 8.58. The van der Waals surface area contributed by atoms with Crippen LogP contribution in [-0.2, 0) is 21.3 Å². The van der Waals surface area contributed by atoms with Crippen molar-refractivity contribution in [2.75, 3.05) is 26.3 Å². The molecule has 1 N–H and O–H groups in total. The molecule has 1 heterocycles. The predicted octanol–water partition coefficient (Wildman–Crippen LogP) is 2.60. The Kier molecular flexibility index (Phi) is 6.16. The first-order valence-corrected chi connectivity index (χ1v) is 10.4. The second kappa shape index (κ2) is 8.39. The topological polar surface area (TPSA) is 75.7 Å². The van der Waals surface area contributed by atoms with Crippen molar-refractivity contribution < 1.29 is 17.9 Å². The lowest BCUT2D eigenvalue weighted by Gasteiger charge is -2.26. The van der Waals surface area contributed by atoms with Gasteiger partial charge in [-0.25, -0.2) is 8.42 Å². The van der Waals surface area contributed by atoms with Crippen LogP contribution < -0.4 is 5.32 Å². The summed E-state index contributed by atoms with van der Waals surface area (Å²) in [5.74, 6) is -0.353. The van der Waals surface area contributed by atoms with Crippen molar-refractivity contribution >= 4 is 27.5 Å². The molecule has 0 radical (unpaired) electrons. The molecule has 0 spiro atoms. The van der Waals surface area contributed by atoms with E-state index in [0.29, 0.717) is 42.5 Å². The normalized spacial score (nSPS) is 15.5. The Hall–Kier alpha value is -1.93. The predicted molar refractivity (Wildman–Crippen MR) is 103 cm³/mol. The van der Waals surface area contributed by atoms with Crippen molar-refractivity contribution in [3.63, 3.8) is 0 Å². The van der Waals surface area contributed by atoms with Crippen molar-refractivity contribution in [1.82, 2.24) is 9.62 Å². The summed E-state index contributed by atoms with van der Waals surface area (Å²) in [5.41, 5.74) is 1.68. The van der Waals surface area contributed by atoms with Gasteiger partial charge in [0.1, 0.15) is 0 Å². The number of sulfonamides is 1. The molecule has 1 fully saturated rings. The SMILES string of the molecule is Cc1ccc(C(=O)NCc2ccccc2Cl)cc1S(=O)(=O)N1CCOCC1. The number of rotatable bonds is 5. The molecule has 144 valence electrons. The highest BCUT2D eigenvalue weighted by Gasteiger charge is 2.28. The number of halogens is 1. The second-order valence-electron chi connectivity index (χ2n) is 6.27. The summed E-state index contributed by atoms with van der Waals surface area (Å²) >= 11 is 6.10. The Labute approximate surface area is 164 Å². The molecule has 0 aliphatic carbocycles. The molecule has 0 unspecified atom stereocenters. The summed E-state index contributed by atoms with van der Waals surface area (Å²) < 4.78 is 32.5. The van der Waals surface area contributed by atoms with Crippen molar-refractivity contribution in [2.45, 2.75) is 18.4 Å². The maximum atomic E-state index is 12.9. The zero-order chi connectivity index (χ0) is 19.4. The van der Waals surface area contributed by atoms with Crippen LogP contribution in [0.4, 0.5) is 0 Å². The summed E-state index contributed by atoms with van der Waals surface area (Å²) in [6, 6.07) is 11.9. The van der Waals surface area contributed by atoms with E-state index in [1.807, 2.05) is 18.2 Å². The van der Waals surface area contributed by atoms with Crippen LogP contribution in [-0.4, -0.2) is 44.9 Å². The molecule has 0 bridgehead atoms. The molecule has 1 amide bonds. The molecular weight excluding hydrogens is 388 g/mol. The Morgan fingerprint density at radius 2 is 1.89 bits per heavy atom. The molecule has 1 aliphatic heterocycles. The molecule has 1 saturated heterocycles. The molecule has 2 aromatic carbocycles. The van der Waals surface area contributed by atoms with Crippen LogP contribution in [0.2, 0.25) is 5.02 Å². The number of morpholine rings is 1. The lowest BCUT2D eigenvalue weighted by Crippen LogP contribution is -2.41. The van der Waals surface area contributed by atoms with Gasteiger partial charge in [-0.05, 0) is 36.2 Å². The van der Waals surface area contributed by atoms with Crippen LogP contribution in [0.5, 0.6) is 0 Å². The number of benzene rings is 2. The molecule has 2 aromatic rings. The summed E-state index contributed by atoms with van der Waals surface area (Å²) in [5, 5.41) is 3.35. The van der Waals surface area contributed by atoms with E-state index in [1.54, 1.807) is 25.1 Å². The third-order valence-corrected chi connectivity index (χ3v) is 6.84. The van der Waals surface area contributed by atoms with Gasteiger partial charge in [-0.15, -0.1) is 0 Å². The number of hydrogen-bond donors (Lipinski definition) is 1. The molecule has 0 saturated carbocycles. The number of nitrogens with zero attached hydrogens (tertiary/aromatic N) is 1. The van der Waals surface area contributed by atoms with E-state index in [0.717, 1.165) is 5.56 Å². The van der Waals surface area contributed by atoms with E-state index in [1.165, 1.54) is 10.4 Å². The zero-order valence-corrected chi connectivity index (χ0v) is 16.5. The van der Waals surface area contributed by atoms with Crippen molar-refractivity contribution in [3.05, 3.63) is 64.2 Å². The van der Waals surface area contributed by atoms with Crippen molar-refractivity contribution in [1.29, 1.82) is 0 Å². The monoisotopic (exact) mass is 408 g/mol. The average Bonchev–Trinajstić information content (AvgIpc) is 2.68. The molecular formula is C19H21ClN2O4S. The number of nitrogens with one attached hydrogen (secondary N) is 1. The van der Waals surface area contributed by atoms with Gasteiger partial charge < -0.3 is 10.1 Å². The van der Waals surface area contributed by atoms with Gasteiger partial charge in [-0.1, -0.05) is 35.9 Å². The molecule has 3 rings (SSSR count). The van der Waals surface area contributed by atoms with Crippen LogP contribution >= 0.6 is 11.6 Å². The summed E-state index contributed by atoms with van der Waals surface area (Å²) in [4.78, 5) is 12.7. The third kappa shape index (κ3) is 4.50. The highest BCUT2D eigenvalue weighted by Crippen LogP contribution is 2.22. The molecule has 0 atom stereocenters. The lowest BCUT2D eigenvalue weighted by atomic mass is 10.1. The van der Waals surface area contributed by atoms with Gasteiger partial charge in [0, 0.05) is 30.2 Å². The maximum Gasteiger partial charge on any atom is 0.251 e. The first kappa shape index (κ1) is 19.8. The number of hydrogen-bond acceptors (Lipinski definition) is 4. The number of carbonyl (C=O) groups excluding carboxylic acids is 1. The lowest BCUT2D eigenvalue weighted by molar-refractivity contribution is 0.0730. The van der Waals surface area contributed by atoms with Crippen LogP contribution in [0.3, 0.4) is 0 Å². The number of aryl methyl sites for hydroxylation is 1. The van der Waals surface area contributed by atoms with Crippen molar-refractivity contribution in [3.8, 4) is 0 Å². The van der Waals surface area contributed by atoms with Crippen LogP contribution in [0.15, 0.2) is 47.4 Å². The summed E-state index contributed by atoms with van der Waals surface area (Å²) in [6.45, 7) is 3.35. The number of amides is 1. The van der Waals surface area contributed by atoms with Gasteiger partial charge in [0.25, 0.3) is 5.91 Å². The fourth-order valence-corrected chi connectivity index (χ4v) is 4.73. The third-order valence-electron chi connectivity index (χ3n) is 4.44. The standard InChI is InChI=1S/C19H21ClN2O4S/c1-14-6-7-15(19(23)21-13-16-4-2-3-5-17(16)20)12-18(14)27(24,25)22-8-10-26-11-9-22/h2-7,12H,8-11,13H2,1H3,(H,21,23). The first-order chi connectivity index (χ1) is 12.9. The van der Waals surface area contributed by atoms with Gasteiger partial charge in [0.05, 0.1) is 18.1 Å². The van der Waals surface area contributed by atoms with Gasteiger partial charge in [0.15, 0.2) is 0 Å². The smallest absolute Gasteiger partial charge is 0.251 e. The fourth-order valence-electron chi connectivity index (χ4n) is 2.86. The maximum absolute atomic E-state index is 12.9. The van der Waals surface area contributed by atoms with E-state index >= 15 is 0 Å². The highest BCUT2D eigenvalue weighted by atomic mass is 35.5. The van der Waals surface area contributed by atoms with E-state index in [2.05, 4.69) is 5.32 Å². The van der Waals surface area contributed by atoms with E-state index < -0.39 is 10.0 Å². The largest absolute Gasteiger partial charge is 0.379 e. The molecule has 8 heteroatoms. The van der Waals surface area contributed by atoms with Gasteiger partial charge >= 0.3 is 0 Å². The van der Waals surface area contributed by atoms with E-state index in [4.69, 9.17) is 16.3 Å². The van der Waals surface area contributed by atoms with E-state index in [-0.39, 0.29) is 17.3 Å². The van der Waals surface area contributed by atoms with Crippen LogP contribution in [0, 0.1) is 6.92 Å². The molecule has 1 aliphatic rings. The Morgan fingerprint density at radius 1 is 1.19 bits per heavy atom. The zero-order valence-electron chi connectivity index (χ0n) is 14.9. The average molecular weight is 409 g/mol. The Morgan fingerprint density at radius 3 is 2.59 bits per heavy atom. The van der Waals surface area contributed by atoms with E-state index in [9.17, 15) is 13.2 Å². The minimum Gasteiger partial charge on any atom is -0.379 e. The summed E-state index contributed by atoms with van der Waals surface area (Å²) in [6.07, 6.45) is 0. The van der Waals surface area contributed by atoms with Gasteiger partial charge in [-0.2, -0.15) is 4.31 Å². The Balaban J connectivity index is 1.80. The number of ether oxygens (including phenoxy) is 1. The van der Waals surface area contributed by atoms with Crippen LogP contribution in [0.1, 0.15) is 21.5 Å². The number of carbonyl (C=O) groups is 1.